The number of benzene rings is 1. The molecule has 1 aromatic heterocycles. The maximum atomic E-state index is 13.5. The minimum absolute atomic E-state index is 0.0477. The van der Waals surface area contributed by atoms with Crippen molar-refractivity contribution in [1.29, 1.82) is 0 Å². The van der Waals surface area contributed by atoms with Crippen molar-refractivity contribution in [2.45, 2.75) is 40.3 Å². The second-order valence-corrected chi connectivity index (χ2v) is 8.02. The normalized spacial score (nSPS) is 12.4. The van der Waals surface area contributed by atoms with E-state index in [2.05, 4.69) is 22.4 Å². The van der Waals surface area contributed by atoms with Crippen molar-refractivity contribution in [3.8, 4) is 5.88 Å². The Morgan fingerprint density at radius 2 is 1.91 bits per heavy atom. The van der Waals surface area contributed by atoms with E-state index in [0.29, 0.717) is 17.7 Å². The van der Waals surface area contributed by atoms with Gasteiger partial charge in [-0.3, -0.25) is 9.36 Å². The number of allylic oxidation sites excluding steroid dienone is 5. The number of nitrogens with two attached hydrogens (primary N) is 1. The van der Waals surface area contributed by atoms with E-state index < -0.39 is 30.2 Å². The van der Waals surface area contributed by atoms with Gasteiger partial charge in [0.1, 0.15) is 6.54 Å². The number of primary amides is 1. The van der Waals surface area contributed by atoms with Gasteiger partial charge in [-0.15, -0.1) is 0 Å². The second kappa shape index (κ2) is 10.9. The molecule has 2 rings (SSSR count). The number of hydrogen-bond acceptors (Lipinski definition) is 4. The van der Waals surface area contributed by atoms with E-state index in [1.165, 1.54) is 10.6 Å². The number of nitrogens with zero attached hydrogens (tertiary/aromatic N) is 2. The van der Waals surface area contributed by atoms with Gasteiger partial charge in [0.05, 0.1) is 22.4 Å². The number of rotatable bonds is 8. The molecule has 35 heavy (non-hydrogen) atoms. The van der Waals surface area contributed by atoms with Gasteiger partial charge < -0.3 is 16.2 Å². The van der Waals surface area contributed by atoms with Crippen molar-refractivity contribution in [2.24, 2.45) is 10.8 Å². The van der Waals surface area contributed by atoms with Crippen LogP contribution in [0.1, 0.15) is 45.2 Å². The van der Waals surface area contributed by atoms with Crippen LogP contribution in [-0.2, 0) is 11.0 Å². The monoisotopic (exact) mass is 491 g/mol. The van der Waals surface area contributed by atoms with Crippen LogP contribution >= 0.6 is 0 Å². The zero-order valence-corrected chi connectivity index (χ0v) is 19.9. The van der Waals surface area contributed by atoms with E-state index in [9.17, 15) is 27.9 Å². The molecule has 5 N–H and O–H groups in total. The number of alkyl halides is 3. The minimum atomic E-state index is -4.60. The SMILES string of the molecule is C=C(C)/C(=N\NC(=O)CNC(N)=O)c1c(O)n(/C(C=C(C)C)=C/CC)c2cc(C(F)(F)F)ccc12. The molecule has 0 bridgehead atoms. The molecule has 8 nitrogen and oxygen atoms in total. The van der Waals surface area contributed by atoms with Gasteiger partial charge >= 0.3 is 12.2 Å². The number of urea groups is 1. The molecule has 0 aliphatic carbocycles. The summed E-state index contributed by atoms with van der Waals surface area (Å²) < 4.78 is 41.9. The van der Waals surface area contributed by atoms with E-state index in [1.54, 1.807) is 19.1 Å². The summed E-state index contributed by atoms with van der Waals surface area (Å²) in [6.45, 7) is 10.5. The fourth-order valence-electron chi connectivity index (χ4n) is 3.36. The van der Waals surface area contributed by atoms with E-state index in [0.717, 1.165) is 17.7 Å². The number of hydrogen-bond donors (Lipinski definition) is 4. The Labute approximate surface area is 200 Å². The largest absolute Gasteiger partial charge is 0.494 e. The lowest BCUT2D eigenvalue weighted by atomic mass is 10.0. The summed E-state index contributed by atoms with van der Waals surface area (Å²) in [4.78, 5) is 22.8. The van der Waals surface area contributed by atoms with Crippen molar-refractivity contribution in [3.05, 3.63) is 59.2 Å². The zero-order valence-electron chi connectivity index (χ0n) is 19.9. The van der Waals surface area contributed by atoms with Crippen LogP contribution in [0.5, 0.6) is 5.88 Å². The number of amides is 3. The summed E-state index contributed by atoms with van der Waals surface area (Å²) in [5.41, 5.74) is 8.18. The third-order valence-corrected chi connectivity index (χ3v) is 4.74. The summed E-state index contributed by atoms with van der Waals surface area (Å²) in [7, 11) is 0. The Bertz CT molecular complexity index is 1250. The summed E-state index contributed by atoms with van der Waals surface area (Å²) >= 11 is 0. The number of carbonyl (C=O) groups is 2. The van der Waals surface area contributed by atoms with E-state index >= 15 is 0 Å². The van der Waals surface area contributed by atoms with Crippen molar-refractivity contribution in [1.82, 2.24) is 15.3 Å². The summed E-state index contributed by atoms with van der Waals surface area (Å²) in [6, 6.07) is 2.20. The number of halogens is 3. The summed E-state index contributed by atoms with van der Waals surface area (Å²) in [5, 5.41) is 17.7. The molecular formula is C24H28F3N5O3. The lowest BCUT2D eigenvalue weighted by Gasteiger charge is -2.12. The molecule has 11 heteroatoms. The molecule has 0 unspecified atom stereocenters. The lowest BCUT2D eigenvalue weighted by Crippen LogP contribution is -2.38. The average Bonchev–Trinajstić information content (AvgIpc) is 3.02. The van der Waals surface area contributed by atoms with Crippen LogP contribution in [0.4, 0.5) is 18.0 Å². The highest BCUT2D eigenvalue weighted by Crippen LogP contribution is 2.39. The van der Waals surface area contributed by atoms with Gasteiger partial charge in [0, 0.05) is 11.1 Å². The molecule has 0 saturated heterocycles. The fourth-order valence-corrected chi connectivity index (χ4v) is 3.36. The lowest BCUT2D eigenvalue weighted by molar-refractivity contribution is -0.137. The summed E-state index contributed by atoms with van der Waals surface area (Å²) in [5.74, 6) is -1.08. The summed E-state index contributed by atoms with van der Waals surface area (Å²) in [6.07, 6.45) is -0.541. The van der Waals surface area contributed by atoms with Crippen LogP contribution in [0.2, 0.25) is 0 Å². The van der Waals surface area contributed by atoms with Crippen molar-refractivity contribution >= 4 is 34.2 Å². The topological polar surface area (TPSA) is 122 Å². The quantitative estimate of drug-likeness (QED) is 0.244. The van der Waals surface area contributed by atoms with E-state index in [-0.39, 0.29) is 28.1 Å². The molecule has 0 radical (unpaired) electrons. The van der Waals surface area contributed by atoms with Gasteiger partial charge in [0.25, 0.3) is 5.91 Å². The van der Waals surface area contributed by atoms with Crippen molar-refractivity contribution < 1.29 is 27.9 Å². The molecule has 1 heterocycles. The van der Waals surface area contributed by atoms with Gasteiger partial charge in [-0.1, -0.05) is 31.2 Å². The molecule has 0 atom stereocenters. The van der Waals surface area contributed by atoms with Gasteiger partial charge in [-0.25, -0.2) is 10.2 Å². The number of aromatic hydroxyl groups is 1. The average molecular weight is 492 g/mol. The molecular weight excluding hydrogens is 463 g/mol. The first-order valence-electron chi connectivity index (χ1n) is 10.6. The van der Waals surface area contributed by atoms with Crippen LogP contribution in [0.15, 0.2) is 53.2 Å². The predicted octanol–water partition coefficient (Wildman–Crippen LogP) is 4.65. The molecule has 2 aromatic rings. The molecule has 3 amide bonds. The van der Waals surface area contributed by atoms with E-state index in [1.807, 2.05) is 20.8 Å². The van der Waals surface area contributed by atoms with Crippen molar-refractivity contribution in [3.63, 3.8) is 0 Å². The second-order valence-electron chi connectivity index (χ2n) is 8.02. The predicted molar refractivity (Wildman–Crippen MR) is 130 cm³/mol. The maximum Gasteiger partial charge on any atom is 0.416 e. The number of fused-ring (bicyclic) bond motifs is 1. The van der Waals surface area contributed by atoms with E-state index in [4.69, 9.17) is 5.73 Å². The highest BCUT2D eigenvalue weighted by molar-refractivity contribution is 6.21. The smallest absolute Gasteiger partial charge is 0.416 e. The van der Waals surface area contributed by atoms with Crippen molar-refractivity contribution in [2.75, 3.05) is 6.54 Å². The zero-order chi connectivity index (χ0) is 26.5. The number of carbonyl (C=O) groups excluding carboxylic acids is 2. The third-order valence-electron chi connectivity index (χ3n) is 4.74. The van der Waals surface area contributed by atoms with Gasteiger partial charge in [0.2, 0.25) is 5.88 Å². The standard InChI is InChI=1S/C24H28F3N5O3/c1-6-7-16(10-13(2)3)32-18-11-15(24(25,26)27)8-9-17(18)20(22(32)34)21(14(4)5)31-30-19(33)12-29-23(28)35/h7-11,34H,4,6,12H2,1-3,5H3,(H,30,33)(H3,28,29,35)/b16-7+,31-21+. The van der Waals surface area contributed by atoms with Crippen LogP contribution < -0.4 is 16.5 Å². The van der Waals surface area contributed by atoms with Crippen LogP contribution in [0.25, 0.3) is 16.6 Å². The Kier molecular flexibility index (Phi) is 8.51. The Hall–Kier alpha value is -4.02. The fraction of sp³-hybridized carbons (Fsp3) is 0.292. The Balaban J connectivity index is 2.84. The molecule has 0 fully saturated rings. The highest BCUT2D eigenvalue weighted by atomic mass is 19.4. The number of hydrazone groups is 1. The highest BCUT2D eigenvalue weighted by Gasteiger charge is 2.32. The molecule has 188 valence electrons. The minimum Gasteiger partial charge on any atom is -0.494 e. The Morgan fingerprint density at radius 1 is 1.26 bits per heavy atom. The molecule has 1 aromatic carbocycles. The number of aromatic nitrogens is 1. The molecule has 0 aliphatic heterocycles. The first-order valence-corrected chi connectivity index (χ1v) is 10.6. The first kappa shape index (κ1) is 27.2. The van der Waals surface area contributed by atoms with Gasteiger partial charge in [0.15, 0.2) is 0 Å². The van der Waals surface area contributed by atoms with Gasteiger partial charge in [-0.2, -0.15) is 18.3 Å². The van der Waals surface area contributed by atoms with Crippen LogP contribution in [0.3, 0.4) is 0 Å². The van der Waals surface area contributed by atoms with Crippen LogP contribution in [0, 0.1) is 0 Å². The third kappa shape index (κ3) is 6.52. The number of nitrogens with one attached hydrogen (secondary N) is 2. The Morgan fingerprint density at radius 3 is 2.43 bits per heavy atom. The first-order chi connectivity index (χ1) is 16.3. The molecule has 0 saturated carbocycles. The molecule has 0 spiro atoms. The molecule has 0 aliphatic rings. The van der Waals surface area contributed by atoms with Crippen LogP contribution in [-0.4, -0.2) is 33.9 Å². The van der Waals surface area contributed by atoms with Gasteiger partial charge in [-0.05, 0) is 51.0 Å². The maximum absolute atomic E-state index is 13.5.